The standard InChI is InChI=1S/C21H22N4O2/c26-21(23-27)11-8-16-6-9-17(10-7-16)19-5-3-12-24(19)15-18-14-22-25-13-2-1-4-20(18)25/h1-2,4,6-11,13-14,19,27H,3,5,12,15H2,(H,23,26)/t19-/m0/s1. The zero-order valence-electron chi connectivity index (χ0n) is 15.0. The highest BCUT2D eigenvalue weighted by molar-refractivity contribution is 5.90. The molecule has 1 aliphatic rings. The second-order valence-corrected chi connectivity index (χ2v) is 6.80. The topological polar surface area (TPSA) is 69.9 Å². The highest BCUT2D eigenvalue weighted by Gasteiger charge is 2.26. The van der Waals surface area contributed by atoms with Gasteiger partial charge in [0, 0.05) is 30.4 Å². The number of nitrogens with one attached hydrogen (secondary N) is 1. The van der Waals surface area contributed by atoms with E-state index in [9.17, 15) is 4.79 Å². The normalized spacial score (nSPS) is 17.7. The summed E-state index contributed by atoms with van der Waals surface area (Å²) in [5, 5.41) is 13.0. The molecule has 138 valence electrons. The zero-order chi connectivity index (χ0) is 18.6. The molecule has 3 aromatic rings. The van der Waals surface area contributed by atoms with Gasteiger partial charge < -0.3 is 0 Å². The minimum atomic E-state index is -0.533. The SMILES string of the molecule is O=C(C=Cc1ccc([C@@H]2CCCN2Cc2cnn3ccccc23)cc1)NO. The molecule has 0 saturated carbocycles. The summed E-state index contributed by atoms with van der Waals surface area (Å²) in [6, 6.07) is 14.8. The summed E-state index contributed by atoms with van der Waals surface area (Å²) in [7, 11) is 0. The fourth-order valence-electron chi connectivity index (χ4n) is 3.76. The Bertz CT molecular complexity index is 962. The zero-order valence-corrected chi connectivity index (χ0v) is 15.0. The number of carbonyl (C=O) groups excluding carboxylic acids is 1. The third-order valence-electron chi connectivity index (χ3n) is 5.10. The average molecular weight is 362 g/mol. The molecule has 1 aromatic carbocycles. The molecule has 27 heavy (non-hydrogen) atoms. The molecule has 1 aliphatic heterocycles. The molecule has 0 bridgehead atoms. The highest BCUT2D eigenvalue weighted by atomic mass is 16.5. The monoisotopic (exact) mass is 362 g/mol. The summed E-state index contributed by atoms with van der Waals surface area (Å²) in [4.78, 5) is 13.6. The number of hydrogen-bond donors (Lipinski definition) is 2. The van der Waals surface area contributed by atoms with Crippen LogP contribution >= 0.6 is 0 Å². The Labute approximate surface area is 157 Å². The van der Waals surface area contributed by atoms with Crippen LogP contribution in [0, 0.1) is 0 Å². The van der Waals surface area contributed by atoms with E-state index in [1.54, 1.807) is 11.6 Å². The molecule has 0 radical (unpaired) electrons. The number of rotatable bonds is 5. The Morgan fingerprint density at radius 3 is 2.93 bits per heavy atom. The Morgan fingerprint density at radius 1 is 1.26 bits per heavy atom. The second kappa shape index (κ2) is 7.73. The molecule has 2 N–H and O–H groups in total. The minimum absolute atomic E-state index is 0.391. The van der Waals surface area contributed by atoms with Crippen molar-refractivity contribution in [3.05, 3.63) is 77.6 Å². The Hall–Kier alpha value is -2.96. The maximum atomic E-state index is 11.1. The molecule has 6 nitrogen and oxygen atoms in total. The number of hydrogen-bond acceptors (Lipinski definition) is 4. The number of likely N-dealkylation sites (tertiary alicyclic amines) is 1. The van der Waals surface area contributed by atoms with Crippen LogP contribution in [-0.4, -0.2) is 32.2 Å². The van der Waals surface area contributed by atoms with Crippen molar-refractivity contribution in [1.82, 2.24) is 20.0 Å². The first-order chi connectivity index (χ1) is 13.2. The van der Waals surface area contributed by atoms with Crippen LogP contribution in [0.5, 0.6) is 0 Å². The van der Waals surface area contributed by atoms with Gasteiger partial charge in [0.15, 0.2) is 0 Å². The largest absolute Gasteiger partial charge is 0.292 e. The minimum Gasteiger partial charge on any atom is -0.292 e. The third kappa shape index (κ3) is 3.77. The molecular weight excluding hydrogens is 340 g/mol. The van der Waals surface area contributed by atoms with Crippen molar-refractivity contribution in [3.63, 3.8) is 0 Å². The van der Waals surface area contributed by atoms with Gasteiger partial charge in [-0.3, -0.25) is 14.9 Å². The first-order valence-corrected chi connectivity index (χ1v) is 9.12. The summed E-state index contributed by atoms with van der Waals surface area (Å²) in [5.74, 6) is -0.533. The molecule has 0 unspecified atom stereocenters. The van der Waals surface area contributed by atoms with Gasteiger partial charge in [-0.05, 0) is 48.7 Å². The van der Waals surface area contributed by atoms with Crippen molar-refractivity contribution in [2.45, 2.75) is 25.4 Å². The van der Waals surface area contributed by atoms with Crippen LogP contribution in [0.1, 0.15) is 35.6 Å². The van der Waals surface area contributed by atoms with Gasteiger partial charge in [0.25, 0.3) is 5.91 Å². The third-order valence-corrected chi connectivity index (χ3v) is 5.10. The van der Waals surface area contributed by atoms with Crippen LogP contribution in [0.3, 0.4) is 0 Å². The van der Waals surface area contributed by atoms with Crippen LogP contribution in [0.25, 0.3) is 11.6 Å². The van der Waals surface area contributed by atoms with Crippen LogP contribution in [0.4, 0.5) is 0 Å². The molecule has 4 rings (SSSR count). The van der Waals surface area contributed by atoms with Crippen molar-refractivity contribution in [1.29, 1.82) is 0 Å². The summed E-state index contributed by atoms with van der Waals surface area (Å²) >= 11 is 0. The molecular formula is C21H22N4O2. The number of aromatic nitrogens is 2. The maximum absolute atomic E-state index is 11.1. The number of pyridine rings is 1. The van der Waals surface area contributed by atoms with Crippen molar-refractivity contribution in [3.8, 4) is 0 Å². The van der Waals surface area contributed by atoms with E-state index in [1.165, 1.54) is 23.6 Å². The van der Waals surface area contributed by atoms with Gasteiger partial charge in [-0.25, -0.2) is 10.00 Å². The molecule has 0 spiro atoms. The predicted octanol–water partition coefficient (Wildman–Crippen LogP) is 3.19. The fourth-order valence-corrected chi connectivity index (χ4v) is 3.76. The van der Waals surface area contributed by atoms with Gasteiger partial charge in [-0.2, -0.15) is 5.10 Å². The summed E-state index contributed by atoms with van der Waals surface area (Å²) < 4.78 is 1.92. The van der Waals surface area contributed by atoms with Crippen LogP contribution in [0.15, 0.2) is 60.9 Å². The molecule has 2 aromatic heterocycles. The Kier molecular flexibility index (Phi) is 5.00. The Morgan fingerprint density at radius 2 is 2.11 bits per heavy atom. The fraction of sp³-hybridized carbons (Fsp3) is 0.238. The van der Waals surface area contributed by atoms with Gasteiger partial charge in [0.1, 0.15) is 0 Å². The Balaban J connectivity index is 1.49. The number of benzene rings is 1. The summed E-state index contributed by atoms with van der Waals surface area (Å²) in [6.45, 7) is 1.96. The van der Waals surface area contributed by atoms with E-state index >= 15 is 0 Å². The molecule has 1 saturated heterocycles. The van der Waals surface area contributed by atoms with Crippen molar-refractivity contribution in [2.75, 3.05) is 6.54 Å². The number of fused-ring (bicyclic) bond motifs is 1. The first kappa shape index (κ1) is 17.5. The van der Waals surface area contributed by atoms with E-state index in [1.807, 2.05) is 41.2 Å². The van der Waals surface area contributed by atoms with Gasteiger partial charge in [-0.15, -0.1) is 0 Å². The summed E-state index contributed by atoms with van der Waals surface area (Å²) in [5.41, 5.74) is 6.21. The van der Waals surface area contributed by atoms with Crippen LogP contribution < -0.4 is 5.48 Å². The lowest BCUT2D eigenvalue weighted by Crippen LogP contribution is -2.22. The van der Waals surface area contributed by atoms with Crippen LogP contribution in [0.2, 0.25) is 0 Å². The lowest BCUT2D eigenvalue weighted by Gasteiger charge is -2.24. The van der Waals surface area contributed by atoms with E-state index in [-0.39, 0.29) is 0 Å². The second-order valence-electron chi connectivity index (χ2n) is 6.80. The van der Waals surface area contributed by atoms with Crippen LogP contribution in [-0.2, 0) is 11.3 Å². The highest BCUT2D eigenvalue weighted by Crippen LogP contribution is 2.33. The quantitative estimate of drug-likeness (QED) is 0.415. The number of carbonyl (C=O) groups is 1. The molecule has 1 atom stereocenters. The molecule has 6 heteroatoms. The van der Waals surface area contributed by atoms with Gasteiger partial charge in [0.2, 0.25) is 0 Å². The van der Waals surface area contributed by atoms with E-state index in [4.69, 9.17) is 5.21 Å². The average Bonchev–Trinajstić information content (AvgIpc) is 3.34. The van der Waals surface area contributed by atoms with E-state index < -0.39 is 5.91 Å². The number of amides is 1. The van der Waals surface area contributed by atoms with Gasteiger partial charge in [-0.1, -0.05) is 30.3 Å². The van der Waals surface area contributed by atoms with Crippen molar-refractivity contribution < 1.29 is 10.0 Å². The van der Waals surface area contributed by atoms with E-state index in [0.717, 1.165) is 30.6 Å². The maximum Gasteiger partial charge on any atom is 0.267 e. The van der Waals surface area contributed by atoms with E-state index in [0.29, 0.717) is 6.04 Å². The lowest BCUT2D eigenvalue weighted by molar-refractivity contribution is -0.124. The molecule has 0 aliphatic carbocycles. The number of hydroxylamine groups is 1. The van der Waals surface area contributed by atoms with Gasteiger partial charge in [0.05, 0.1) is 11.7 Å². The molecule has 3 heterocycles. The smallest absolute Gasteiger partial charge is 0.267 e. The first-order valence-electron chi connectivity index (χ1n) is 9.12. The molecule has 1 amide bonds. The van der Waals surface area contributed by atoms with Crippen molar-refractivity contribution in [2.24, 2.45) is 0 Å². The predicted molar refractivity (Wildman–Crippen MR) is 103 cm³/mol. The van der Waals surface area contributed by atoms with E-state index in [2.05, 4.69) is 28.2 Å². The molecule has 1 fully saturated rings. The number of nitrogens with zero attached hydrogens (tertiary/aromatic N) is 3. The van der Waals surface area contributed by atoms with Crippen molar-refractivity contribution >= 4 is 17.5 Å². The summed E-state index contributed by atoms with van der Waals surface area (Å²) in [6.07, 6.45) is 9.25. The van der Waals surface area contributed by atoms with Gasteiger partial charge >= 0.3 is 0 Å². The lowest BCUT2D eigenvalue weighted by atomic mass is 10.0.